The minimum atomic E-state index is -2.99. The number of para-hydroxylation sites is 2. The van der Waals surface area contributed by atoms with Crippen molar-refractivity contribution in [1.82, 2.24) is 0 Å². The van der Waals surface area contributed by atoms with Crippen LogP contribution in [0.1, 0.15) is 13.3 Å². The second kappa shape index (κ2) is 7.33. The van der Waals surface area contributed by atoms with E-state index in [2.05, 4.69) is 20.1 Å². The number of allylic oxidation sites excluding steroid dienone is 2. The van der Waals surface area contributed by atoms with Crippen molar-refractivity contribution >= 4 is 18.8 Å². The molecule has 0 N–H and O–H groups in total. The van der Waals surface area contributed by atoms with Gasteiger partial charge in [-0.25, -0.2) is 0 Å². The van der Waals surface area contributed by atoms with Crippen molar-refractivity contribution in [2.24, 2.45) is 5.92 Å². The number of anilines is 2. The fraction of sp³-hybridized carbons (Fsp3) is 0.238. The van der Waals surface area contributed by atoms with E-state index in [4.69, 9.17) is 0 Å². The number of benzene rings is 2. The quantitative estimate of drug-likeness (QED) is 0.475. The van der Waals surface area contributed by atoms with Gasteiger partial charge in [-0.3, -0.25) is 4.57 Å². The Morgan fingerprint density at radius 3 is 1.88 bits per heavy atom. The van der Waals surface area contributed by atoms with Gasteiger partial charge in [-0.15, -0.1) is 6.58 Å². The van der Waals surface area contributed by atoms with E-state index in [1.165, 1.54) is 0 Å². The van der Waals surface area contributed by atoms with Gasteiger partial charge in [0.25, 0.3) is 7.44 Å². The van der Waals surface area contributed by atoms with Crippen molar-refractivity contribution in [2.45, 2.75) is 13.3 Å². The monoisotopic (exact) mass is 352 g/mol. The van der Waals surface area contributed by atoms with Crippen LogP contribution in [0, 0.1) is 5.92 Å². The Balaban J connectivity index is 2.07. The second-order valence-electron chi connectivity index (χ2n) is 6.38. The Kier molecular flexibility index (Phi) is 5.15. The SMILES string of the molecule is C=CCC(C)C(=C)P1(=O)N(c2ccccc2)CCN1c1ccccc1. The van der Waals surface area contributed by atoms with Gasteiger partial charge in [0.05, 0.1) is 0 Å². The molecule has 3 rings (SSSR count). The molecule has 0 radical (unpaired) electrons. The lowest BCUT2D eigenvalue weighted by molar-refractivity contribution is 0.572. The van der Waals surface area contributed by atoms with Gasteiger partial charge >= 0.3 is 0 Å². The van der Waals surface area contributed by atoms with E-state index < -0.39 is 7.44 Å². The molecule has 1 aliphatic rings. The van der Waals surface area contributed by atoms with Crippen LogP contribution >= 0.6 is 7.44 Å². The van der Waals surface area contributed by atoms with E-state index in [9.17, 15) is 4.57 Å². The first-order valence-corrected chi connectivity index (χ1v) is 10.3. The fourth-order valence-corrected chi connectivity index (χ4v) is 6.52. The Hall–Kier alpha value is -2.25. The summed E-state index contributed by atoms with van der Waals surface area (Å²) in [6.07, 6.45) is 2.64. The summed E-state index contributed by atoms with van der Waals surface area (Å²) in [5, 5.41) is 0.789. The minimum Gasteiger partial charge on any atom is -0.302 e. The van der Waals surface area contributed by atoms with Gasteiger partial charge in [-0.2, -0.15) is 0 Å². The van der Waals surface area contributed by atoms with E-state index in [0.717, 1.165) is 36.2 Å². The molecule has 1 atom stereocenters. The molecular formula is C21H25N2OP. The zero-order chi connectivity index (χ0) is 17.9. The van der Waals surface area contributed by atoms with Crippen molar-refractivity contribution in [3.8, 4) is 0 Å². The van der Waals surface area contributed by atoms with E-state index >= 15 is 0 Å². The predicted molar refractivity (Wildman–Crippen MR) is 108 cm³/mol. The van der Waals surface area contributed by atoms with Crippen LogP contribution in [0.3, 0.4) is 0 Å². The van der Waals surface area contributed by atoms with Crippen LogP contribution in [0.4, 0.5) is 11.4 Å². The van der Waals surface area contributed by atoms with Crippen molar-refractivity contribution in [1.29, 1.82) is 0 Å². The van der Waals surface area contributed by atoms with Crippen LogP contribution in [0.25, 0.3) is 0 Å². The van der Waals surface area contributed by atoms with Crippen molar-refractivity contribution in [2.75, 3.05) is 22.4 Å². The zero-order valence-corrected chi connectivity index (χ0v) is 15.6. The van der Waals surface area contributed by atoms with E-state index in [-0.39, 0.29) is 5.92 Å². The summed E-state index contributed by atoms with van der Waals surface area (Å²) >= 11 is 0. The molecule has 0 saturated carbocycles. The molecule has 2 aromatic carbocycles. The maximum absolute atomic E-state index is 14.4. The maximum Gasteiger partial charge on any atom is 0.288 e. The van der Waals surface area contributed by atoms with Crippen LogP contribution < -0.4 is 9.34 Å². The highest BCUT2D eigenvalue weighted by atomic mass is 31.2. The summed E-state index contributed by atoms with van der Waals surface area (Å²) in [6.45, 7) is 11.6. The van der Waals surface area contributed by atoms with Crippen LogP contribution in [-0.4, -0.2) is 13.1 Å². The molecule has 0 bridgehead atoms. The summed E-state index contributed by atoms with van der Waals surface area (Å²) in [4.78, 5) is 0. The van der Waals surface area contributed by atoms with Crippen LogP contribution in [0.5, 0.6) is 0 Å². The summed E-state index contributed by atoms with van der Waals surface area (Å²) in [7, 11) is -2.99. The Morgan fingerprint density at radius 1 is 1.04 bits per heavy atom. The molecule has 3 nitrogen and oxygen atoms in total. The van der Waals surface area contributed by atoms with Gasteiger partial charge < -0.3 is 9.34 Å². The van der Waals surface area contributed by atoms with Gasteiger partial charge in [0.2, 0.25) is 0 Å². The number of hydrogen-bond acceptors (Lipinski definition) is 1. The third-order valence-corrected chi connectivity index (χ3v) is 8.11. The lowest BCUT2D eigenvalue weighted by atomic mass is 10.1. The molecular weight excluding hydrogens is 327 g/mol. The third kappa shape index (κ3) is 3.17. The standard InChI is InChI=1S/C21H25N2OP/c1-4-11-18(2)19(3)25(24)22(20-12-7-5-8-13-20)16-17-23(25)21-14-9-6-10-15-21/h4-10,12-15,18H,1,3,11,16-17H2,2H3. The Labute approximate surface area is 150 Å². The molecule has 0 aromatic heterocycles. The number of rotatable bonds is 6. The fourth-order valence-electron chi connectivity index (χ4n) is 3.35. The first-order valence-electron chi connectivity index (χ1n) is 8.65. The average Bonchev–Trinajstić information content (AvgIpc) is 3.01. The topological polar surface area (TPSA) is 23.6 Å². The predicted octanol–water partition coefficient (Wildman–Crippen LogP) is 5.93. The first kappa shape index (κ1) is 17.6. The van der Waals surface area contributed by atoms with Gasteiger partial charge in [-0.05, 0) is 36.6 Å². The molecule has 1 saturated heterocycles. The van der Waals surface area contributed by atoms with Crippen LogP contribution in [0.2, 0.25) is 0 Å². The van der Waals surface area contributed by atoms with Gasteiger partial charge in [0.1, 0.15) is 0 Å². The summed E-state index contributed by atoms with van der Waals surface area (Å²) in [6, 6.07) is 20.0. The second-order valence-corrected chi connectivity index (χ2v) is 9.01. The van der Waals surface area contributed by atoms with E-state index in [0.29, 0.717) is 0 Å². The lowest BCUT2D eigenvalue weighted by Gasteiger charge is -2.35. The summed E-state index contributed by atoms with van der Waals surface area (Å²) < 4.78 is 18.5. The van der Waals surface area contributed by atoms with Crippen molar-refractivity contribution < 1.29 is 4.57 Å². The first-order chi connectivity index (χ1) is 12.1. The van der Waals surface area contributed by atoms with Gasteiger partial charge in [0.15, 0.2) is 0 Å². The highest BCUT2D eigenvalue weighted by Gasteiger charge is 2.46. The van der Waals surface area contributed by atoms with Crippen LogP contribution in [-0.2, 0) is 4.57 Å². The largest absolute Gasteiger partial charge is 0.302 e. The smallest absolute Gasteiger partial charge is 0.288 e. The number of nitrogens with zero attached hydrogens (tertiary/aromatic N) is 2. The molecule has 1 fully saturated rings. The molecule has 0 amide bonds. The summed E-state index contributed by atoms with van der Waals surface area (Å²) in [5.74, 6) is 0.110. The normalized spacial score (nSPS) is 17.3. The molecule has 0 spiro atoms. The molecule has 4 heteroatoms. The molecule has 2 aromatic rings. The lowest BCUT2D eigenvalue weighted by Crippen LogP contribution is -2.22. The Bertz CT molecular complexity index is 737. The van der Waals surface area contributed by atoms with Gasteiger partial charge in [-0.1, -0.05) is 56.0 Å². The van der Waals surface area contributed by atoms with Gasteiger partial charge in [0, 0.05) is 29.8 Å². The zero-order valence-electron chi connectivity index (χ0n) is 14.7. The maximum atomic E-state index is 14.4. The number of hydrogen-bond donors (Lipinski definition) is 0. The van der Waals surface area contributed by atoms with Crippen LogP contribution in [0.15, 0.2) is 85.2 Å². The molecule has 130 valence electrons. The van der Waals surface area contributed by atoms with E-state index in [1.807, 2.05) is 76.1 Å². The van der Waals surface area contributed by atoms with Crippen molar-refractivity contribution in [3.63, 3.8) is 0 Å². The molecule has 25 heavy (non-hydrogen) atoms. The van der Waals surface area contributed by atoms with E-state index in [1.54, 1.807) is 0 Å². The average molecular weight is 352 g/mol. The highest BCUT2D eigenvalue weighted by molar-refractivity contribution is 7.71. The minimum absolute atomic E-state index is 0.110. The molecule has 1 aliphatic heterocycles. The van der Waals surface area contributed by atoms with Crippen molar-refractivity contribution in [3.05, 3.63) is 85.2 Å². The highest BCUT2D eigenvalue weighted by Crippen LogP contribution is 2.66. The summed E-state index contributed by atoms with van der Waals surface area (Å²) in [5.41, 5.74) is 1.97. The molecule has 1 unspecified atom stereocenters. The Morgan fingerprint density at radius 2 is 1.48 bits per heavy atom. The molecule has 0 aliphatic carbocycles. The molecule has 1 heterocycles. The third-order valence-electron chi connectivity index (χ3n) is 4.75.